The molecule has 1 aliphatic heterocycles. The van der Waals surface area contributed by atoms with E-state index in [1.54, 1.807) is 23.2 Å². The van der Waals surface area contributed by atoms with Crippen LogP contribution in [0.2, 0.25) is 0 Å². The van der Waals surface area contributed by atoms with E-state index in [1.165, 1.54) is 16.3 Å². The van der Waals surface area contributed by atoms with Crippen LogP contribution in [0.4, 0.5) is 0 Å². The summed E-state index contributed by atoms with van der Waals surface area (Å²) in [5.41, 5.74) is 3.83. The summed E-state index contributed by atoms with van der Waals surface area (Å²) >= 11 is 0. The van der Waals surface area contributed by atoms with E-state index in [1.807, 2.05) is 25.1 Å². The van der Waals surface area contributed by atoms with Crippen molar-refractivity contribution in [3.63, 3.8) is 0 Å². The predicted octanol–water partition coefficient (Wildman–Crippen LogP) is 2.42. The highest BCUT2D eigenvalue weighted by atomic mass is 32.2. The fourth-order valence-corrected chi connectivity index (χ4v) is 5.40. The van der Waals surface area contributed by atoms with Gasteiger partial charge >= 0.3 is 0 Å². The van der Waals surface area contributed by atoms with Crippen molar-refractivity contribution in [1.82, 2.24) is 14.2 Å². The number of rotatable bonds is 3. The number of sulfonamides is 1. The Labute approximate surface area is 166 Å². The van der Waals surface area contributed by atoms with Gasteiger partial charge in [0.15, 0.2) is 0 Å². The zero-order valence-corrected chi connectivity index (χ0v) is 16.9. The summed E-state index contributed by atoms with van der Waals surface area (Å²) in [7, 11) is -3.53. The first-order valence-corrected chi connectivity index (χ1v) is 11.2. The molecular formula is C21H25N3O3S. The van der Waals surface area contributed by atoms with Gasteiger partial charge in [0.1, 0.15) is 0 Å². The molecule has 0 spiro atoms. The van der Waals surface area contributed by atoms with E-state index >= 15 is 0 Å². The molecule has 0 N–H and O–H groups in total. The van der Waals surface area contributed by atoms with Gasteiger partial charge < -0.3 is 4.90 Å². The van der Waals surface area contributed by atoms with Gasteiger partial charge in [-0.2, -0.15) is 4.31 Å². The van der Waals surface area contributed by atoms with Gasteiger partial charge in [-0.1, -0.05) is 6.07 Å². The fraction of sp³-hybridized carbons (Fsp3) is 0.429. The quantitative estimate of drug-likeness (QED) is 0.795. The van der Waals surface area contributed by atoms with E-state index < -0.39 is 10.0 Å². The summed E-state index contributed by atoms with van der Waals surface area (Å²) in [6.07, 6.45) is 5.85. The van der Waals surface area contributed by atoms with Crippen LogP contribution in [0.3, 0.4) is 0 Å². The number of piperazine rings is 1. The monoisotopic (exact) mass is 399 g/mol. The van der Waals surface area contributed by atoms with E-state index in [9.17, 15) is 13.2 Å². The molecule has 0 radical (unpaired) electrons. The second-order valence-electron chi connectivity index (χ2n) is 7.52. The van der Waals surface area contributed by atoms with Crippen molar-refractivity contribution in [2.75, 3.05) is 26.2 Å². The highest BCUT2D eigenvalue weighted by molar-refractivity contribution is 7.89. The molecule has 1 fully saturated rings. The van der Waals surface area contributed by atoms with E-state index in [2.05, 4.69) is 4.98 Å². The van der Waals surface area contributed by atoms with Gasteiger partial charge in [0.2, 0.25) is 10.0 Å². The van der Waals surface area contributed by atoms with Gasteiger partial charge in [0, 0.05) is 38.1 Å². The Bertz CT molecular complexity index is 978. The first kappa shape index (κ1) is 19.1. The first-order valence-electron chi connectivity index (χ1n) is 9.79. The van der Waals surface area contributed by atoms with E-state index in [0.717, 1.165) is 30.5 Å². The lowest BCUT2D eigenvalue weighted by Crippen LogP contribution is -2.50. The molecule has 0 saturated carbocycles. The predicted molar refractivity (Wildman–Crippen MR) is 107 cm³/mol. The lowest BCUT2D eigenvalue weighted by Gasteiger charge is -2.34. The molecule has 1 aromatic carbocycles. The topological polar surface area (TPSA) is 70.6 Å². The van der Waals surface area contributed by atoms with Crippen molar-refractivity contribution in [3.8, 4) is 0 Å². The summed E-state index contributed by atoms with van der Waals surface area (Å²) in [5.74, 6) is -0.0988. The van der Waals surface area contributed by atoms with Gasteiger partial charge in [-0.15, -0.1) is 0 Å². The Morgan fingerprint density at radius 2 is 1.68 bits per heavy atom. The van der Waals surface area contributed by atoms with Gasteiger partial charge in [-0.25, -0.2) is 8.42 Å². The van der Waals surface area contributed by atoms with E-state index in [4.69, 9.17) is 0 Å². The number of aromatic nitrogens is 1. The molecule has 0 bridgehead atoms. The molecule has 148 valence electrons. The summed E-state index contributed by atoms with van der Waals surface area (Å²) in [5, 5.41) is 0. The van der Waals surface area contributed by atoms with Crippen molar-refractivity contribution in [2.24, 2.45) is 0 Å². The average molecular weight is 400 g/mol. The molecule has 28 heavy (non-hydrogen) atoms. The Morgan fingerprint density at radius 3 is 2.36 bits per heavy atom. The third kappa shape index (κ3) is 3.69. The molecule has 1 aromatic heterocycles. The van der Waals surface area contributed by atoms with Crippen LogP contribution in [0.15, 0.2) is 41.4 Å². The number of amides is 1. The van der Waals surface area contributed by atoms with Crippen LogP contribution in [0.25, 0.3) is 0 Å². The largest absolute Gasteiger partial charge is 0.336 e. The Hall–Kier alpha value is -2.25. The van der Waals surface area contributed by atoms with Crippen molar-refractivity contribution in [1.29, 1.82) is 0 Å². The smallest absolute Gasteiger partial charge is 0.255 e. The lowest BCUT2D eigenvalue weighted by molar-refractivity contribution is 0.0697. The van der Waals surface area contributed by atoms with Crippen LogP contribution >= 0.6 is 0 Å². The summed E-state index contributed by atoms with van der Waals surface area (Å²) < 4.78 is 27.6. The molecule has 1 amide bonds. The number of aryl methyl sites for hydroxylation is 3. The SMILES string of the molecule is Cc1ccc(C(=O)N2CCN(S(=O)(=O)c3ccc4c(c3)CCCC4)CC2)cn1. The maximum atomic E-state index is 13.1. The van der Waals surface area contributed by atoms with Crippen molar-refractivity contribution in [2.45, 2.75) is 37.5 Å². The third-order valence-corrected chi connectivity index (χ3v) is 7.54. The van der Waals surface area contributed by atoms with Crippen LogP contribution in [0, 0.1) is 6.92 Å². The van der Waals surface area contributed by atoms with Crippen LogP contribution in [-0.4, -0.2) is 54.7 Å². The number of nitrogens with zero attached hydrogens (tertiary/aromatic N) is 3. The first-order chi connectivity index (χ1) is 13.4. The Morgan fingerprint density at radius 1 is 0.964 bits per heavy atom. The lowest BCUT2D eigenvalue weighted by atomic mass is 9.92. The second-order valence-corrected chi connectivity index (χ2v) is 9.46. The van der Waals surface area contributed by atoms with Gasteiger partial charge in [0.25, 0.3) is 5.91 Å². The minimum absolute atomic E-state index is 0.0988. The number of fused-ring (bicyclic) bond motifs is 1. The second kappa shape index (κ2) is 7.64. The minimum atomic E-state index is -3.53. The van der Waals surface area contributed by atoms with Crippen LogP contribution in [-0.2, 0) is 22.9 Å². The molecule has 1 aliphatic carbocycles. The standard InChI is InChI=1S/C21H25N3O3S/c1-16-6-7-19(15-22-16)21(25)23-10-12-24(13-11-23)28(26,27)20-9-8-17-4-2-3-5-18(17)14-20/h6-9,14-15H,2-5,10-13H2,1H3. The number of hydrogen-bond acceptors (Lipinski definition) is 4. The number of carbonyl (C=O) groups excluding carboxylic acids is 1. The van der Waals surface area contributed by atoms with Crippen LogP contribution in [0.5, 0.6) is 0 Å². The number of hydrogen-bond donors (Lipinski definition) is 0. The maximum Gasteiger partial charge on any atom is 0.255 e. The molecule has 0 atom stereocenters. The fourth-order valence-electron chi connectivity index (χ4n) is 3.93. The Kier molecular flexibility index (Phi) is 5.21. The van der Waals surface area contributed by atoms with Gasteiger partial charge in [-0.3, -0.25) is 9.78 Å². The zero-order chi connectivity index (χ0) is 19.7. The number of pyridine rings is 1. The average Bonchev–Trinajstić information content (AvgIpc) is 2.73. The summed E-state index contributed by atoms with van der Waals surface area (Å²) in [6.45, 7) is 3.27. The number of carbonyl (C=O) groups is 1. The third-order valence-electron chi connectivity index (χ3n) is 5.64. The van der Waals surface area contributed by atoms with Crippen LogP contribution in [0.1, 0.15) is 40.0 Å². The van der Waals surface area contributed by atoms with Gasteiger partial charge in [0.05, 0.1) is 10.5 Å². The molecular weight excluding hydrogens is 374 g/mol. The summed E-state index contributed by atoms with van der Waals surface area (Å²) in [6, 6.07) is 9.12. The molecule has 1 saturated heterocycles. The van der Waals surface area contributed by atoms with Gasteiger partial charge in [-0.05, 0) is 68.0 Å². The molecule has 0 unspecified atom stereocenters. The highest BCUT2D eigenvalue weighted by Crippen LogP contribution is 2.26. The van der Waals surface area contributed by atoms with Crippen molar-refractivity contribution >= 4 is 15.9 Å². The maximum absolute atomic E-state index is 13.1. The summed E-state index contributed by atoms with van der Waals surface area (Å²) in [4.78, 5) is 18.9. The molecule has 2 aromatic rings. The molecule has 4 rings (SSSR count). The molecule has 2 aliphatic rings. The molecule has 6 nitrogen and oxygen atoms in total. The molecule has 7 heteroatoms. The minimum Gasteiger partial charge on any atom is -0.336 e. The van der Waals surface area contributed by atoms with Crippen molar-refractivity contribution < 1.29 is 13.2 Å². The van der Waals surface area contributed by atoms with Crippen LogP contribution < -0.4 is 0 Å². The normalized spacial score (nSPS) is 18.0. The van der Waals surface area contributed by atoms with E-state index in [0.29, 0.717) is 36.6 Å². The molecule has 2 heterocycles. The van der Waals surface area contributed by atoms with Crippen molar-refractivity contribution in [3.05, 3.63) is 58.9 Å². The highest BCUT2D eigenvalue weighted by Gasteiger charge is 2.31. The number of benzene rings is 1. The Balaban J connectivity index is 1.45. The van der Waals surface area contributed by atoms with E-state index in [-0.39, 0.29) is 5.91 Å². The zero-order valence-electron chi connectivity index (χ0n) is 16.1.